The highest BCUT2D eigenvalue weighted by Gasteiger charge is 2.06. The van der Waals surface area contributed by atoms with Crippen LogP contribution in [0.5, 0.6) is 0 Å². The summed E-state index contributed by atoms with van der Waals surface area (Å²) in [6.07, 6.45) is 1.56. The number of rotatable bonds is 3. The van der Waals surface area contributed by atoms with Crippen LogP contribution in [0.15, 0.2) is 40.8 Å². The fraction of sp³-hybridized carbons (Fsp3) is 0.154. The number of benzene rings is 1. The lowest BCUT2D eigenvalue weighted by Gasteiger charge is -2.04. The first-order chi connectivity index (χ1) is 9.28. The van der Waals surface area contributed by atoms with E-state index in [1.165, 1.54) is 11.3 Å². The van der Waals surface area contributed by atoms with Gasteiger partial charge in [0.15, 0.2) is 0 Å². The van der Waals surface area contributed by atoms with Crippen LogP contribution in [-0.4, -0.2) is 14.5 Å². The molecule has 0 fully saturated rings. The van der Waals surface area contributed by atoms with Crippen molar-refractivity contribution in [3.63, 3.8) is 0 Å². The number of fused-ring (bicyclic) bond motifs is 1. The van der Waals surface area contributed by atoms with Crippen molar-refractivity contribution in [1.29, 1.82) is 0 Å². The number of halogens is 1. The Morgan fingerprint density at radius 2 is 2.16 bits per heavy atom. The third-order valence-electron chi connectivity index (χ3n) is 2.77. The van der Waals surface area contributed by atoms with Crippen LogP contribution >= 0.6 is 22.9 Å². The van der Waals surface area contributed by atoms with E-state index in [4.69, 9.17) is 11.6 Å². The smallest absolute Gasteiger partial charge is 0.261 e. The van der Waals surface area contributed by atoms with Gasteiger partial charge in [-0.15, -0.1) is 22.9 Å². The third-order valence-corrected chi connectivity index (χ3v) is 3.93. The Labute approximate surface area is 118 Å². The first-order valence-electron chi connectivity index (χ1n) is 5.71. The molecule has 0 saturated heterocycles. The largest absolute Gasteiger partial charge is 0.292 e. The highest BCUT2D eigenvalue weighted by Crippen LogP contribution is 2.13. The van der Waals surface area contributed by atoms with Crippen LogP contribution in [-0.2, 0) is 12.4 Å². The molecule has 0 bridgehead atoms. The summed E-state index contributed by atoms with van der Waals surface area (Å²) >= 11 is 7.22. The fourth-order valence-corrected chi connectivity index (χ4v) is 2.87. The number of hydrogen-bond acceptors (Lipinski definition) is 4. The van der Waals surface area contributed by atoms with Gasteiger partial charge in [0.1, 0.15) is 5.01 Å². The topological polar surface area (TPSA) is 47.8 Å². The highest BCUT2D eigenvalue weighted by molar-refractivity contribution is 7.09. The van der Waals surface area contributed by atoms with Gasteiger partial charge >= 0.3 is 0 Å². The zero-order chi connectivity index (χ0) is 13.2. The lowest BCUT2D eigenvalue weighted by atomic mass is 10.2. The molecule has 0 saturated carbocycles. The summed E-state index contributed by atoms with van der Waals surface area (Å²) in [5.41, 5.74) is 1.50. The molecule has 0 aliphatic heterocycles. The van der Waals surface area contributed by atoms with Crippen LogP contribution in [0.25, 0.3) is 10.9 Å². The number of para-hydroxylation sites is 1. The Morgan fingerprint density at radius 1 is 1.32 bits per heavy atom. The van der Waals surface area contributed by atoms with E-state index in [0.717, 1.165) is 10.7 Å². The first kappa shape index (κ1) is 12.3. The van der Waals surface area contributed by atoms with Crippen molar-refractivity contribution in [2.45, 2.75) is 12.4 Å². The van der Waals surface area contributed by atoms with E-state index >= 15 is 0 Å². The standard InChI is InChI=1S/C13H10ClN3OS/c14-5-9-7-19-12(16-9)6-17-8-15-11-4-2-1-3-10(11)13(17)18/h1-4,7-8H,5-6H2. The maximum atomic E-state index is 12.3. The van der Waals surface area contributed by atoms with Gasteiger partial charge in [-0.3, -0.25) is 9.36 Å². The van der Waals surface area contributed by atoms with Crippen LogP contribution in [0.1, 0.15) is 10.7 Å². The van der Waals surface area contributed by atoms with Crippen molar-refractivity contribution in [2.24, 2.45) is 0 Å². The lowest BCUT2D eigenvalue weighted by molar-refractivity contribution is 0.741. The van der Waals surface area contributed by atoms with E-state index < -0.39 is 0 Å². The van der Waals surface area contributed by atoms with Gasteiger partial charge in [0.25, 0.3) is 5.56 Å². The van der Waals surface area contributed by atoms with Crippen molar-refractivity contribution in [3.05, 3.63) is 57.0 Å². The summed E-state index contributed by atoms with van der Waals surface area (Å²) in [5.74, 6) is 0.390. The highest BCUT2D eigenvalue weighted by atomic mass is 35.5. The molecule has 0 N–H and O–H groups in total. The number of alkyl halides is 1. The van der Waals surface area contributed by atoms with Crippen LogP contribution in [0.2, 0.25) is 0 Å². The Balaban J connectivity index is 2.01. The minimum Gasteiger partial charge on any atom is -0.292 e. The van der Waals surface area contributed by atoms with E-state index in [2.05, 4.69) is 9.97 Å². The molecule has 0 atom stereocenters. The molecule has 19 heavy (non-hydrogen) atoms. The van der Waals surface area contributed by atoms with Gasteiger partial charge in [0.05, 0.1) is 35.3 Å². The maximum absolute atomic E-state index is 12.3. The minimum absolute atomic E-state index is 0.0479. The summed E-state index contributed by atoms with van der Waals surface area (Å²) in [7, 11) is 0. The second kappa shape index (κ2) is 5.11. The molecule has 1 aromatic carbocycles. The van der Waals surface area contributed by atoms with Crippen LogP contribution in [0.3, 0.4) is 0 Å². The quantitative estimate of drug-likeness (QED) is 0.697. The fourth-order valence-electron chi connectivity index (χ4n) is 1.85. The van der Waals surface area contributed by atoms with Crippen molar-refractivity contribution in [2.75, 3.05) is 0 Å². The van der Waals surface area contributed by atoms with Crippen molar-refractivity contribution < 1.29 is 0 Å². The second-order valence-electron chi connectivity index (χ2n) is 4.06. The van der Waals surface area contributed by atoms with Gasteiger partial charge in [-0.1, -0.05) is 12.1 Å². The molecule has 0 aliphatic rings. The van der Waals surface area contributed by atoms with Gasteiger partial charge in [-0.05, 0) is 12.1 Å². The number of hydrogen-bond donors (Lipinski definition) is 0. The molecule has 2 heterocycles. The molecule has 3 rings (SSSR count). The Hall–Kier alpha value is -1.72. The van der Waals surface area contributed by atoms with Crippen LogP contribution in [0.4, 0.5) is 0 Å². The first-order valence-corrected chi connectivity index (χ1v) is 7.13. The van der Waals surface area contributed by atoms with E-state index in [9.17, 15) is 4.79 Å². The second-order valence-corrected chi connectivity index (χ2v) is 5.27. The molecule has 0 spiro atoms. The van der Waals surface area contributed by atoms with Gasteiger partial charge in [-0.25, -0.2) is 9.97 Å². The SMILES string of the molecule is O=c1c2ccccc2ncn1Cc1nc(CCl)cs1. The molecule has 6 heteroatoms. The molecule has 0 unspecified atom stereocenters. The van der Waals surface area contributed by atoms with Gasteiger partial charge in [-0.2, -0.15) is 0 Å². The Bertz CT molecular complexity index is 781. The van der Waals surface area contributed by atoms with Crippen molar-refractivity contribution >= 4 is 33.8 Å². The molecule has 4 nitrogen and oxygen atoms in total. The maximum Gasteiger partial charge on any atom is 0.261 e. The van der Waals surface area contributed by atoms with Crippen LogP contribution in [0, 0.1) is 0 Å². The summed E-state index contributed by atoms with van der Waals surface area (Å²) in [4.78, 5) is 20.9. The minimum atomic E-state index is -0.0479. The molecular weight excluding hydrogens is 282 g/mol. The van der Waals surface area contributed by atoms with Gasteiger partial charge < -0.3 is 0 Å². The van der Waals surface area contributed by atoms with Crippen LogP contribution < -0.4 is 5.56 Å². The number of nitrogens with zero attached hydrogens (tertiary/aromatic N) is 3. The Kier molecular flexibility index (Phi) is 3.31. The predicted octanol–water partition coefficient (Wildman–Crippen LogP) is 2.64. The molecule has 96 valence electrons. The average Bonchev–Trinajstić information content (AvgIpc) is 2.90. The molecule has 0 amide bonds. The predicted molar refractivity (Wildman–Crippen MR) is 76.8 cm³/mol. The monoisotopic (exact) mass is 291 g/mol. The molecule has 2 aromatic heterocycles. The molecular formula is C13H10ClN3OS. The van der Waals surface area contributed by atoms with E-state index in [1.54, 1.807) is 17.0 Å². The van der Waals surface area contributed by atoms with E-state index in [0.29, 0.717) is 23.3 Å². The molecule has 3 aromatic rings. The van der Waals surface area contributed by atoms with E-state index in [-0.39, 0.29) is 5.56 Å². The summed E-state index contributed by atoms with van der Waals surface area (Å²) in [6, 6.07) is 7.32. The van der Waals surface area contributed by atoms with E-state index in [1.807, 2.05) is 23.6 Å². The van der Waals surface area contributed by atoms with Gasteiger partial charge in [0.2, 0.25) is 0 Å². The molecule has 0 aliphatic carbocycles. The average molecular weight is 292 g/mol. The van der Waals surface area contributed by atoms with Crippen molar-refractivity contribution in [3.8, 4) is 0 Å². The summed E-state index contributed by atoms with van der Waals surface area (Å²) < 4.78 is 1.57. The van der Waals surface area contributed by atoms with Crippen molar-refractivity contribution in [1.82, 2.24) is 14.5 Å². The summed E-state index contributed by atoms with van der Waals surface area (Å²) in [5, 5.41) is 3.39. The normalized spacial score (nSPS) is 11.0. The van der Waals surface area contributed by atoms with Gasteiger partial charge in [0, 0.05) is 5.38 Å². The number of thiazole rings is 1. The lowest BCUT2D eigenvalue weighted by Crippen LogP contribution is -2.21. The zero-order valence-corrected chi connectivity index (χ0v) is 11.5. The number of aromatic nitrogens is 3. The third kappa shape index (κ3) is 2.39. The zero-order valence-electron chi connectivity index (χ0n) is 9.91. The molecule has 0 radical (unpaired) electrons. The Morgan fingerprint density at radius 3 is 2.95 bits per heavy atom. The summed E-state index contributed by atoms with van der Waals surface area (Å²) in [6.45, 7) is 0.429.